The number of rotatable bonds is 4. The van der Waals surface area contributed by atoms with Gasteiger partial charge in [-0.1, -0.05) is 32.5 Å². The van der Waals surface area contributed by atoms with Crippen LogP contribution in [0.2, 0.25) is 0 Å². The van der Waals surface area contributed by atoms with Gasteiger partial charge in [-0.2, -0.15) is 5.26 Å². The molecule has 0 aliphatic rings. The lowest BCUT2D eigenvalue weighted by atomic mass is 9.97. The van der Waals surface area contributed by atoms with Gasteiger partial charge in [0, 0.05) is 15.6 Å². The maximum Gasteiger partial charge on any atom is 0.141 e. The van der Waals surface area contributed by atoms with E-state index in [0.717, 1.165) is 6.07 Å². The molecule has 0 aliphatic heterocycles. The molecule has 0 heterocycles. The van der Waals surface area contributed by atoms with Gasteiger partial charge in [0.25, 0.3) is 0 Å². The summed E-state index contributed by atoms with van der Waals surface area (Å²) in [6.45, 7) is 3.40. The van der Waals surface area contributed by atoms with Crippen LogP contribution in [0.5, 0.6) is 0 Å². The maximum atomic E-state index is 14.3. The molecule has 0 spiro atoms. The first-order valence-electron chi connectivity index (χ1n) is 6.99. The Hall–Kier alpha value is -1.75. The van der Waals surface area contributed by atoms with Crippen LogP contribution in [-0.2, 0) is 11.4 Å². The van der Waals surface area contributed by atoms with Crippen molar-refractivity contribution in [3.05, 3.63) is 69.2 Å². The molecule has 24 heavy (non-hydrogen) atoms. The van der Waals surface area contributed by atoms with Gasteiger partial charge in [0.15, 0.2) is 0 Å². The molecule has 0 aromatic heterocycles. The number of benzene rings is 2. The maximum absolute atomic E-state index is 14.3. The smallest absolute Gasteiger partial charge is 0.141 e. The van der Waals surface area contributed by atoms with Crippen LogP contribution in [0.1, 0.15) is 30.5 Å². The third-order valence-electron chi connectivity index (χ3n) is 3.15. The van der Waals surface area contributed by atoms with Gasteiger partial charge in [-0.25, -0.2) is 8.78 Å². The molecule has 124 valence electrons. The summed E-state index contributed by atoms with van der Waals surface area (Å²) in [5.41, 5.74) is -0.141. The highest BCUT2D eigenvalue weighted by Crippen LogP contribution is 2.24. The average Bonchev–Trinajstić information content (AvgIpc) is 2.54. The molecular weight excluding hydrogens is 398 g/mol. The van der Waals surface area contributed by atoms with Crippen LogP contribution in [-0.4, -0.2) is 15.5 Å². The van der Waals surface area contributed by atoms with E-state index in [1.165, 1.54) is 30.3 Å². The van der Waals surface area contributed by atoms with Crippen molar-refractivity contribution < 1.29 is 13.3 Å². The van der Waals surface area contributed by atoms with Crippen molar-refractivity contribution in [1.82, 2.24) is 0 Å². The normalized spacial score (nSPS) is 13.0. The zero-order chi connectivity index (χ0) is 17.9. The highest BCUT2D eigenvalue weighted by Gasteiger charge is 2.23. The van der Waals surface area contributed by atoms with Gasteiger partial charge in [-0.05, 0) is 38.1 Å². The Morgan fingerprint density at radius 3 is 2.54 bits per heavy atom. The van der Waals surface area contributed by atoms with Crippen molar-refractivity contribution in [3.63, 3.8) is 0 Å². The van der Waals surface area contributed by atoms with E-state index in [1.807, 2.05) is 0 Å². The SMILES string of the molecule is CC(C)[S+]([O-])/N=C(\c1cc(Br)ccc1F)c1cccc(F)c1C#N. The summed E-state index contributed by atoms with van der Waals surface area (Å²) in [4.78, 5) is 0. The van der Waals surface area contributed by atoms with Crippen LogP contribution < -0.4 is 0 Å². The van der Waals surface area contributed by atoms with Crippen LogP contribution >= 0.6 is 15.9 Å². The molecule has 0 fully saturated rings. The molecule has 2 aromatic rings. The first-order chi connectivity index (χ1) is 11.3. The fourth-order valence-electron chi connectivity index (χ4n) is 1.95. The number of hydrogen-bond acceptors (Lipinski definition) is 3. The lowest BCUT2D eigenvalue weighted by Gasteiger charge is -2.13. The number of nitriles is 1. The zero-order valence-corrected chi connectivity index (χ0v) is 15.3. The van der Waals surface area contributed by atoms with E-state index >= 15 is 0 Å². The van der Waals surface area contributed by atoms with Gasteiger partial charge in [-0.3, -0.25) is 0 Å². The van der Waals surface area contributed by atoms with E-state index < -0.39 is 23.0 Å². The molecule has 0 amide bonds. The van der Waals surface area contributed by atoms with Gasteiger partial charge in [0.2, 0.25) is 0 Å². The third kappa shape index (κ3) is 4.01. The first kappa shape index (κ1) is 18.6. The van der Waals surface area contributed by atoms with Gasteiger partial charge in [0.05, 0.1) is 16.9 Å². The van der Waals surface area contributed by atoms with E-state index in [0.29, 0.717) is 4.47 Å². The minimum atomic E-state index is -1.66. The minimum Gasteiger partial charge on any atom is -0.591 e. The largest absolute Gasteiger partial charge is 0.591 e. The van der Waals surface area contributed by atoms with Crippen LogP contribution in [0, 0.1) is 23.0 Å². The van der Waals surface area contributed by atoms with Crippen LogP contribution in [0.15, 0.2) is 45.3 Å². The van der Waals surface area contributed by atoms with Gasteiger partial charge >= 0.3 is 0 Å². The highest BCUT2D eigenvalue weighted by molar-refractivity contribution is 9.10. The number of halogens is 3. The molecule has 0 N–H and O–H groups in total. The fraction of sp³-hybridized carbons (Fsp3) is 0.176. The van der Waals surface area contributed by atoms with Crippen molar-refractivity contribution in [2.75, 3.05) is 0 Å². The number of hydrogen-bond donors (Lipinski definition) is 0. The molecule has 2 aromatic carbocycles. The van der Waals surface area contributed by atoms with E-state index in [9.17, 15) is 18.6 Å². The first-order valence-corrected chi connectivity index (χ1v) is 8.95. The van der Waals surface area contributed by atoms with E-state index in [1.54, 1.807) is 19.9 Å². The summed E-state index contributed by atoms with van der Waals surface area (Å²) in [5.74, 6) is -1.35. The molecule has 0 saturated carbocycles. The topological polar surface area (TPSA) is 59.2 Å². The van der Waals surface area contributed by atoms with E-state index in [-0.39, 0.29) is 27.7 Å². The molecule has 0 saturated heterocycles. The van der Waals surface area contributed by atoms with Crippen LogP contribution in [0.3, 0.4) is 0 Å². The second kappa shape index (κ2) is 7.88. The van der Waals surface area contributed by atoms with Crippen molar-refractivity contribution in [1.29, 1.82) is 5.26 Å². The monoisotopic (exact) mass is 410 g/mol. The molecule has 2 rings (SSSR count). The van der Waals surface area contributed by atoms with Crippen molar-refractivity contribution in [2.24, 2.45) is 4.40 Å². The fourth-order valence-corrected chi connectivity index (χ4v) is 2.90. The van der Waals surface area contributed by atoms with Crippen molar-refractivity contribution in [3.8, 4) is 6.07 Å². The lowest BCUT2D eigenvalue weighted by Crippen LogP contribution is -2.17. The second-order valence-corrected chi connectivity index (χ2v) is 7.76. The van der Waals surface area contributed by atoms with Crippen LogP contribution in [0.4, 0.5) is 8.78 Å². The Kier molecular flexibility index (Phi) is 6.10. The Morgan fingerprint density at radius 1 is 1.21 bits per heavy atom. The zero-order valence-electron chi connectivity index (χ0n) is 12.9. The predicted octanol–water partition coefficient (Wildman–Crippen LogP) is 4.51. The molecular formula is C17H13BrF2N2OS. The Balaban J connectivity index is 2.77. The van der Waals surface area contributed by atoms with E-state index in [2.05, 4.69) is 20.3 Å². The lowest BCUT2D eigenvalue weighted by molar-refractivity contribution is 0.588. The van der Waals surface area contributed by atoms with E-state index in [4.69, 9.17) is 0 Å². The molecule has 1 atom stereocenters. The Morgan fingerprint density at radius 2 is 1.92 bits per heavy atom. The van der Waals surface area contributed by atoms with Gasteiger partial charge in [-0.15, -0.1) is 0 Å². The Bertz CT molecular complexity index is 834. The molecule has 1 unspecified atom stereocenters. The molecule has 0 radical (unpaired) electrons. The van der Waals surface area contributed by atoms with Crippen molar-refractivity contribution >= 4 is 33.0 Å². The summed E-state index contributed by atoms with van der Waals surface area (Å²) in [7, 11) is 0. The molecule has 0 aliphatic carbocycles. The molecule has 7 heteroatoms. The molecule has 3 nitrogen and oxygen atoms in total. The Labute approximate surface area is 150 Å². The summed E-state index contributed by atoms with van der Waals surface area (Å²) in [6, 6.07) is 9.94. The summed E-state index contributed by atoms with van der Waals surface area (Å²) in [6.07, 6.45) is 0. The number of nitrogens with zero attached hydrogens (tertiary/aromatic N) is 2. The van der Waals surface area contributed by atoms with Crippen LogP contribution in [0.25, 0.3) is 0 Å². The highest BCUT2D eigenvalue weighted by atomic mass is 79.9. The molecule has 0 bridgehead atoms. The quantitative estimate of drug-likeness (QED) is 0.549. The summed E-state index contributed by atoms with van der Waals surface area (Å²) < 4.78 is 45.1. The average molecular weight is 411 g/mol. The predicted molar refractivity (Wildman–Crippen MR) is 94.1 cm³/mol. The standard InChI is InChI=1S/C17H13BrF2N2OS/c1-10(2)24(23)22-17(13-8-11(18)6-7-16(13)20)12-4-3-5-15(19)14(12)9-21/h3-8,10H,1-2H3/b22-17-. The minimum absolute atomic E-state index is 0.0168. The summed E-state index contributed by atoms with van der Waals surface area (Å²) >= 11 is 1.59. The summed E-state index contributed by atoms with van der Waals surface area (Å²) in [5, 5.41) is 8.93. The third-order valence-corrected chi connectivity index (χ3v) is 4.81. The van der Waals surface area contributed by atoms with Gasteiger partial charge < -0.3 is 4.55 Å². The van der Waals surface area contributed by atoms with Gasteiger partial charge in [0.1, 0.15) is 28.7 Å². The van der Waals surface area contributed by atoms with Crippen molar-refractivity contribution in [2.45, 2.75) is 19.1 Å². The second-order valence-electron chi connectivity index (χ2n) is 5.16.